The number of benzene rings is 1. The molecule has 0 spiro atoms. The molecule has 0 radical (unpaired) electrons. The zero-order valence-electron chi connectivity index (χ0n) is 15.4. The maximum Gasteiger partial charge on any atom is 0.242 e. The number of amides is 1. The summed E-state index contributed by atoms with van der Waals surface area (Å²) in [5, 5.41) is 8.42. The Kier molecular flexibility index (Phi) is 4.42. The molecule has 1 aliphatic carbocycles. The molecule has 26 heavy (non-hydrogen) atoms. The number of aryl methyl sites for hydroxylation is 2. The highest BCUT2D eigenvalue weighted by Gasteiger charge is 2.60. The van der Waals surface area contributed by atoms with Crippen LogP contribution >= 0.6 is 0 Å². The lowest BCUT2D eigenvalue weighted by molar-refractivity contribution is -0.142. The van der Waals surface area contributed by atoms with Gasteiger partial charge in [-0.05, 0) is 49.3 Å². The second-order valence-electron chi connectivity index (χ2n) is 7.20. The third-order valence-electron chi connectivity index (χ3n) is 5.93. The topological polar surface area (TPSA) is 68.5 Å². The highest BCUT2D eigenvalue weighted by molar-refractivity contribution is 5.78. The lowest BCUT2D eigenvalue weighted by Crippen LogP contribution is -2.54. The second kappa shape index (κ2) is 6.74. The van der Waals surface area contributed by atoms with Crippen molar-refractivity contribution in [1.82, 2.24) is 15.1 Å². The fourth-order valence-corrected chi connectivity index (χ4v) is 4.37. The number of carbonyl (C=O) groups excluding carboxylic acids is 1. The fourth-order valence-electron chi connectivity index (χ4n) is 4.37. The van der Waals surface area contributed by atoms with E-state index in [2.05, 4.69) is 10.2 Å². The molecular weight excluding hydrogens is 330 g/mol. The van der Waals surface area contributed by atoms with Crippen molar-refractivity contribution < 1.29 is 13.9 Å². The van der Waals surface area contributed by atoms with E-state index in [-0.39, 0.29) is 11.4 Å². The van der Waals surface area contributed by atoms with Crippen LogP contribution in [0.4, 0.5) is 0 Å². The monoisotopic (exact) mass is 355 g/mol. The van der Waals surface area contributed by atoms with E-state index in [4.69, 9.17) is 9.15 Å². The smallest absolute Gasteiger partial charge is 0.242 e. The van der Waals surface area contributed by atoms with Crippen molar-refractivity contribution in [2.24, 2.45) is 5.92 Å². The molecular formula is C20H25N3O3. The fraction of sp³-hybridized carbons (Fsp3) is 0.550. The molecule has 0 N–H and O–H groups in total. The van der Waals surface area contributed by atoms with E-state index in [9.17, 15) is 4.79 Å². The van der Waals surface area contributed by atoms with Gasteiger partial charge in [-0.15, -0.1) is 10.2 Å². The molecule has 1 saturated carbocycles. The number of ether oxygens (including phenoxy) is 1. The first kappa shape index (κ1) is 17.1. The van der Waals surface area contributed by atoms with Crippen LogP contribution < -0.4 is 4.74 Å². The number of nitrogens with zero attached hydrogens (tertiary/aromatic N) is 3. The maximum atomic E-state index is 13.0. The Hall–Kier alpha value is -2.37. The van der Waals surface area contributed by atoms with Gasteiger partial charge in [-0.1, -0.05) is 19.1 Å². The summed E-state index contributed by atoms with van der Waals surface area (Å²) in [7, 11) is 1.66. The molecule has 1 aromatic heterocycles. The summed E-state index contributed by atoms with van der Waals surface area (Å²) >= 11 is 0. The zero-order valence-corrected chi connectivity index (χ0v) is 15.4. The van der Waals surface area contributed by atoms with Crippen LogP contribution in [0.5, 0.6) is 5.75 Å². The van der Waals surface area contributed by atoms with E-state index in [0.29, 0.717) is 30.5 Å². The molecule has 6 nitrogen and oxygen atoms in total. The van der Waals surface area contributed by atoms with Gasteiger partial charge in [0.1, 0.15) is 11.3 Å². The van der Waals surface area contributed by atoms with Crippen molar-refractivity contribution in [2.45, 2.75) is 51.0 Å². The van der Waals surface area contributed by atoms with Gasteiger partial charge in [0.15, 0.2) is 0 Å². The van der Waals surface area contributed by atoms with E-state index in [0.717, 1.165) is 43.5 Å². The molecule has 0 bridgehead atoms. The predicted octanol–water partition coefficient (Wildman–Crippen LogP) is 3.11. The lowest BCUT2D eigenvalue weighted by atomic mass is 9.67. The molecule has 2 aliphatic rings. The zero-order chi connectivity index (χ0) is 18.1. The number of likely N-dealkylation sites (tertiary alicyclic amines) is 1. The molecule has 6 heteroatoms. The van der Waals surface area contributed by atoms with Gasteiger partial charge in [0.05, 0.1) is 7.11 Å². The van der Waals surface area contributed by atoms with Crippen LogP contribution in [0.25, 0.3) is 0 Å². The minimum absolute atomic E-state index is 0.172. The molecule has 138 valence electrons. The molecule has 0 unspecified atom stereocenters. The minimum Gasteiger partial charge on any atom is -0.497 e. The summed E-state index contributed by atoms with van der Waals surface area (Å²) in [6.45, 7) is 2.78. The largest absolute Gasteiger partial charge is 0.497 e. The second-order valence-corrected chi connectivity index (χ2v) is 7.20. The maximum absolute atomic E-state index is 13.0. The van der Waals surface area contributed by atoms with Gasteiger partial charge in [0, 0.05) is 19.4 Å². The highest BCUT2D eigenvalue weighted by atomic mass is 16.5. The molecule has 1 aliphatic heterocycles. The Bertz CT molecular complexity index is 803. The molecule has 1 aromatic carbocycles. The van der Waals surface area contributed by atoms with E-state index < -0.39 is 0 Å². The van der Waals surface area contributed by atoms with Crippen LogP contribution in [-0.2, 0) is 23.2 Å². The summed E-state index contributed by atoms with van der Waals surface area (Å²) in [5.74, 6) is 2.73. The number of rotatable bonds is 6. The third-order valence-corrected chi connectivity index (χ3v) is 5.93. The number of hydrogen-bond donors (Lipinski definition) is 0. The van der Waals surface area contributed by atoms with Crippen LogP contribution in [0.2, 0.25) is 0 Å². The number of carbonyl (C=O) groups is 1. The number of hydrogen-bond acceptors (Lipinski definition) is 5. The number of fused-ring (bicyclic) bond motifs is 1. The first-order valence-corrected chi connectivity index (χ1v) is 9.43. The number of methoxy groups -OCH3 is 1. The molecule has 2 heterocycles. The Labute approximate surface area is 153 Å². The quantitative estimate of drug-likeness (QED) is 0.796. The summed E-state index contributed by atoms with van der Waals surface area (Å²) < 4.78 is 11.1. The van der Waals surface area contributed by atoms with Crippen LogP contribution in [-0.4, -0.2) is 34.7 Å². The molecule has 1 saturated heterocycles. The summed E-state index contributed by atoms with van der Waals surface area (Å²) in [4.78, 5) is 15.0. The van der Waals surface area contributed by atoms with Crippen molar-refractivity contribution in [1.29, 1.82) is 0 Å². The van der Waals surface area contributed by atoms with Crippen molar-refractivity contribution in [3.63, 3.8) is 0 Å². The SMILES string of the molecule is CCc1nnc([C@]23CC[C@H]2CCN3C(=O)CCc2cccc(OC)c2)o1. The van der Waals surface area contributed by atoms with Crippen molar-refractivity contribution in [3.8, 4) is 5.75 Å². The molecule has 2 fully saturated rings. The van der Waals surface area contributed by atoms with Crippen LogP contribution in [0.15, 0.2) is 28.7 Å². The van der Waals surface area contributed by atoms with E-state index in [1.165, 1.54) is 0 Å². The third kappa shape index (κ3) is 2.68. The van der Waals surface area contributed by atoms with E-state index >= 15 is 0 Å². The van der Waals surface area contributed by atoms with Gasteiger partial charge < -0.3 is 14.1 Å². The Morgan fingerprint density at radius 2 is 2.27 bits per heavy atom. The summed E-state index contributed by atoms with van der Waals surface area (Å²) in [6.07, 6.45) is 4.98. The normalized spacial score (nSPS) is 24.2. The van der Waals surface area contributed by atoms with Crippen LogP contribution in [0.3, 0.4) is 0 Å². The summed E-state index contributed by atoms with van der Waals surface area (Å²) in [5.41, 5.74) is 0.758. The van der Waals surface area contributed by atoms with Crippen molar-refractivity contribution >= 4 is 5.91 Å². The van der Waals surface area contributed by atoms with Crippen LogP contribution in [0.1, 0.15) is 50.0 Å². The molecule has 1 amide bonds. The Morgan fingerprint density at radius 3 is 2.96 bits per heavy atom. The molecule has 2 aromatic rings. The van der Waals surface area contributed by atoms with Crippen molar-refractivity contribution in [3.05, 3.63) is 41.6 Å². The average molecular weight is 355 g/mol. The van der Waals surface area contributed by atoms with Gasteiger partial charge in [0.25, 0.3) is 0 Å². The van der Waals surface area contributed by atoms with Crippen LogP contribution in [0, 0.1) is 5.92 Å². The van der Waals surface area contributed by atoms with E-state index in [1.807, 2.05) is 36.1 Å². The molecule has 4 rings (SSSR count). The Morgan fingerprint density at radius 1 is 1.38 bits per heavy atom. The number of aromatic nitrogens is 2. The van der Waals surface area contributed by atoms with E-state index in [1.54, 1.807) is 7.11 Å². The standard InChI is InChI=1S/C20H25N3O3/c1-3-17-21-22-19(26-17)20-11-9-15(20)10-12-23(20)18(24)8-7-14-5-4-6-16(13-14)25-2/h4-6,13,15H,3,7-12H2,1-2H3/t15-,20-/m0/s1. The molecule has 2 atom stereocenters. The average Bonchev–Trinajstić information content (AvgIpc) is 3.22. The summed E-state index contributed by atoms with van der Waals surface area (Å²) in [6, 6.07) is 7.90. The van der Waals surface area contributed by atoms with Gasteiger partial charge in [-0.2, -0.15) is 0 Å². The minimum atomic E-state index is -0.355. The highest BCUT2D eigenvalue weighted by Crippen LogP contribution is 2.56. The first-order valence-electron chi connectivity index (χ1n) is 9.43. The van der Waals surface area contributed by atoms with Gasteiger partial charge in [-0.3, -0.25) is 4.79 Å². The first-order chi connectivity index (χ1) is 12.7. The lowest BCUT2D eigenvalue weighted by Gasteiger charge is -2.47. The van der Waals surface area contributed by atoms with Gasteiger partial charge in [0.2, 0.25) is 17.7 Å². The van der Waals surface area contributed by atoms with Crippen molar-refractivity contribution in [2.75, 3.05) is 13.7 Å². The predicted molar refractivity (Wildman–Crippen MR) is 95.7 cm³/mol. The van der Waals surface area contributed by atoms with Gasteiger partial charge in [-0.25, -0.2) is 0 Å². The van der Waals surface area contributed by atoms with Gasteiger partial charge >= 0.3 is 0 Å². The Balaban J connectivity index is 1.49.